The molecule has 7 nitrogen and oxygen atoms in total. The number of nitrogens with one attached hydrogen (secondary N) is 2. The van der Waals surface area contributed by atoms with Crippen molar-refractivity contribution in [1.82, 2.24) is 15.5 Å². The lowest BCUT2D eigenvalue weighted by atomic mass is 10.0. The van der Waals surface area contributed by atoms with Crippen molar-refractivity contribution < 1.29 is 14.3 Å². The first-order valence-electron chi connectivity index (χ1n) is 10.9. The highest BCUT2D eigenvalue weighted by Crippen LogP contribution is 2.28. The number of hydrogen-bond acceptors (Lipinski definition) is 4. The third-order valence-electron chi connectivity index (χ3n) is 5.07. The van der Waals surface area contributed by atoms with Crippen LogP contribution in [0, 0.1) is 5.92 Å². The van der Waals surface area contributed by atoms with Crippen molar-refractivity contribution in [1.29, 1.82) is 0 Å². The van der Waals surface area contributed by atoms with Crippen LogP contribution in [0.3, 0.4) is 0 Å². The second-order valence-corrected chi connectivity index (χ2v) is 7.99. The summed E-state index contributed by atoms with van der Waals surface area (Å²) in [6.07, 6.45) is 1.76. The SMILES string of the molecule is COc1ccc(CC(C)CNC(=NCC(=O)N(C)C)NCCc2ccccc2)cc1OC. The van der Waals surface area contributed by atoms with Crippen LogP contribution in [0.1, 0.15) is 18.1 Å². The van der Waals surface area contributed by atoms with Crippen LogP contribution in [0.5, 0.6) is 11.5 Å². The molecule has 2 N–H and O–H groups in total. The lowest BCUT2D eigenvalue weighted by molar-refractivity contribution is -0.127. The predicted octanol–water partition coefficient (Wildman–Crippen LogP) is 2.75. The number of aliphatic imine (C=N–C) groups is 1. The summed E-state index contributed by atoms with van der Waals surface area (Å²) in [6.45, 7) is 3.74. The molecule has 7 heteroatoms. The maximum atomic E-state index is 12.0. The van der Waals surface area contributed by atoms with Crippen LogP contribution >= 0.6 is 0 Å². The Morgan fingerprint density at radius 3 is 2.38 bits per heavy atom. The molecule has 2 aromatic carbocycles. The van der Waals surface area contributed by atoms with Gasteiger partial charge in [-0.2, -0.15) is 0 Å². The molecule has 32 heavy (non-hydrogen) atoms. The molecule has 1 atom stereocenters. The maximum Gasteiger partial charge on any atom is 0.243 e. The molecule has 0 radical (unpaired) electrons. The van der Waals surface area contributed by atoms with Gasteiger partial charge in [-0.1, -0.05) is 43.3 Å². The summed E-state index contributed by atoms with van der Waals surface area (Å²) < 4.78 is 10.7. The molecule has 0 saturated heterocycles. The summed E-state index contributed by atoms with van der Waals surface area (Å²) in [7, 11) is 6.75. The van der Waals surface area contributed by atoms with Gasteiger partial charge in [0, 0.05) is 27.2 Å². The van der Waals surface area contributed by atoms with Crippen LogP contribution < -0.4 is 20.1 Å². The molecule has 1 unspecified atom stereocenters. The molecule has 2 rings (SSSR count). The summed E-state index contributed by atoms with van der Waals surface area (Å²) >= 11 is 0. The summed E-state index contributed by atoms with van der Waals surface area (Å²) in [4.78, 5) is 18.0. The minimum absolute atomic E-state index is 0.0347. The summed E-state index contributed by atoms with van der Waals surface area (Å²) in [5.74, 6) is 2.42. The number of likely N-dealkylation sites (N-methyl/N-ethyl adjacent to an activating group) is 1. The number of methoxy groups -OCH3 is 2. The topological polar surface area (TPSA) is 75.2 Å². The Balaban J connectivity index is 1.93. The normalized spacial score (nSPS) is 12.1. The van der Waals surface area contributed by atoms with Gasteiger partial charge < -0.3 is 25.0 Å². The van der Waals surface area contributed by atoms with Crippen molar-refractivity contribution in [2.75, 3.05) is 47.9 Å². The third-order valence-corrected chi connectivity index (χ3v) is 5.07. The number of carbonyl (C=O) groups excluding carboxylic acids is 1. The fourth-order valence-corrected chi connectivity index (χ4v) is 3.19. The van der Waals surface area contributed by atoms with Crippen LogP contribution in [-0.2, 0) is 17.6 Å². The van der Waals surface area contributed by atoms with Gasteiger partial charge in [0.2, 0.25) is 5.91 Å². The molecular weight excluding hydrogens is 404 g/mol. The fourth-order valence-electron chi connectivity index (χ4n) is 3.19. The molecule has 0 fully saturated rings. The number of guanidine groups is 1. The van der Waals surface area contributed by atoms with E-state index in [0.717, 1.165) is 37.4 Å². The highest BCUT2D eigenvalue weighted by molar-refractivity contribution is 5.84. The third kappa shape index (κ3) is 8.49. The first-order valence-corrected chi connectivity index (χ1v) is 10.9. The van der Waals surface area contributed by atoms with E-state index in [-0.39, 0.29) is 12.5 Å². The Morgan fingerprint density at radius 2 is 1.72 bits per heavy atom. The largest absolute Gasteiger partial charge is 0.493 e. The minimum Gasteiger partial charge on any atom is -0.493 e. The number of carbonyl (C=O) groups is 1. The predicted molar refractivity (Wildman–Crippen MR) is 130 cm³/mol. The van der Waals surface area contributed by atoms with Crippen molar-refractivity contribution >= 4 is 11.9 Å². The molecule has 2 aromatic rings. The van der Waals surface area contributed by atoms with E-state index in [2.05, 4.69) is 40.7 Å². The number of hydrogen-bond donors (Lipinski definition) is 2. The molecule has 0 saturated carbocycles. The van der Waals surface area contributed by atoms with Crippen molar-refractivity contribution in [3.05, 3.63) is 59.7 Å². The highest BCUT2D eigenvalue weighted by Gasteiger charge is 2.10. The van der Waals surface area contributed by atoms with Crippen LogP contribution in [0.4, 0.5) is 0 Å². The van der Waals surface area contributed by atoms with Crippen LogP contribution in [0.25, 0.3) is 0 Å². The molecule has 0 spiro atoms. The molecule has 174 valence electrons. The van der Waals surface area contributed by atoms with Crippen molar-refractivity contribution in [3.8, 4) is 11.5 Å². The van der Waals surface area contributed by atoms with E-state index < -0.39 is 0 Å². The van der Waals surface area contributed by atoms with Gasteiger partial charge in [-0.05, 0) is 42.0 Å². The molecular formula is C25H36N4O3. The van der Waals surface area contributed by atoms with Gasteiger partial charge in [0.05, 0.1) is 14.2 Å². The molecule has 0 aliphatic carbocycles. The number of benzene rings is 2. The van der Waals surface area contributed by atoms with Crippen LogP contribution in [0.15, 0.2) is 53.5 Å². The average Bonchev–Trinajstić information content (AvgIpc) is 2.80. The summed E-state index contributed by atoms with van der Waals surface area (Å²) in [6, 6.07) is 16.3. The van der Waals surface area contributed by atoms with Gasteiger partial charge in [0.15, 0.2) is 17.5 Å². The van der Waals surface area contributed by atoms with Gasteiger partial charge in [-0.15, -0.1) is 0 Å². The molecule has 1 amide bonds. The van der Waals surface area contributed by atoms with Crippen molar-refractivity contribution in [2.24, 2.45) is 10.9 Å². The maximum absolute atomic E-state index is 12.0. The van der Waals surface area contributed by atoms with Crippen molar-refractivity contribution in [2.45, 2.75) is 19.8 Å². The van der Waals surface area contributed by atoms with E-state index in [0.29, 0.717) is 11.9 Å². The first-order chi connectivity index (χ1) is 15.4. The Morgan fingerprint density at radius 1 is 1.00 bits per heavy atom. The zero-order chi connectivity index (χ0) is 23.3. The van der Waals surface area contributed by atoms with E-state index in [4.69, 9.17) is 9.47 Å². The van der Waals surface area contributed by atoms with Crippen LogP contribution in [-0.4, -0.2) is 64.7 Å². The van der Waals surface area contributed by atoms with E-state index >= 15 is 0 Å². The number of amides is 1. The van der Waals surface area contributed by atoms with Crippen molar-refractivity contribution in [3.63, 3.8) is 0 Å². The number of ether oxygens (including phenoxy) is 2. The molecule has 0 aromatic heterocycles. The molecule has 0 bridgehead atoms. The zero-order valence-electron chi connectivity index (χ0n) is 19.9. The van der Waals surface area contributed by atoms with E-state index in [1.165, 1.54) is 11.1 Å². The Labute approximate surface area is 191 Å². The highest BCUT2D eigenvalue weighted by atomic mass is 16.5. The Hall–Kier alpha value is -3.22. The van der Waals surface area contributed by atoms with Gasteiger partial charge in [0.25, 0.3) is 0 Å². The van der Waals surface area contributed by atoms with Gasteiger partial charge in [-0.25, -0.2) is 4.99 Å². The average molecular weight is 441 g/mol. The number of rotatable bonds is 11. The quantitative estimate of drug-likeness (QED) is 0.415. The van der Waals surface area contributed by atoms with E-state index in [9.17, 15) is 4.79 Å². The lowest BCUT2D eigenvalue weighted by Gasteiger charge is -2.18. The molecule has 0 aliphatic rings. The fraction of sp³-hybridized carbons (Fsp3) is 0.440. The lowest BCUT2D eigenvalue weighted by Crippen LogP contribution is -2.41. The van der Waals surface area contributed by atoms with Gasteiger partial charge >= 0.3 is 0 Å². The Kier molecular flexibility index (Phi) is 10.4. The standard InChI is InChI=1S/C25H36N4O3/c1-19(15-21-11-12-22(31-4)23(16-21)32-5)17-27-25(28-18-24(30)29(2)3)26-14-13-20-9-7-6-8-10-20/h6-12,16,19H,13-15,17-18H2,1-5H3,(H2,26,27,28). The monoisotopic (exact) mass is 440 g/mol. The van der Waals surface area contributed by atoms with Gasteiger partial charge in [-0.3, -0.25) is 4.79 Å². The van der Waals surface area contributed by atoms with Crippen LogP contribution in [0.2, 0.25) is 0 Å². The molecule has 0 heterocycles. The molecule has 0 aliphatic heterocycles. The minimum atomic E-state index is -0.0347. The second kappa shape index (κ2) is 13.2. The Bertz CT molecular complexity index is 869. The van der Waals surface area contributed by atoms with Gasteiger partial charge in [0.1, 0.15) is 6.54 Å². The summed E-state index contributed by atoms with van der Waals surface area (Å²) in [5.41, 5.74) is 2.43. The number of nitrogens with zero attached hydrogens (tertiary/aromatic N) is 2. The second-order valence-electron chi connectivity index (χ2n) is 7.99. The van der Waals surface area contributed by atoms with E-state index in [1.54, 1.807) is 33.2 Å². The summed E-state index contributed by atoms with van der Waals surface area (Å²) in [5, 5.41) is 6.73. The zero-order valence-corrected chi connectivity index (χ0v) is 19.9. The first kappa shape index (κ1) is 25.0. The van der Waals surface area contributed by atoms with E-state index in [1.807, 2.05) is 30.3 Å². The smallest absolute Gasteiger partial charge is 0.243 e.